The third-order valence-electron chi connectivity index (χ3n) is 2.95. The highest BCUT2D eigenvalue weighted by atomic mass is 127. The van der Waals surface area contributed by atoms with Gasteiger partial charge >= 0.3 is 0 Å². The normalized spacial score (nSPS) is 13.9. The number of Topliss-reactive ketones (excluding diaryl/α,β-unsaturated/α-hetero) is 1. The van der Waals surface area contributed by atoms with Gasteiger partial charge in [0.05, 0.1) is 0 Å². The number of ketones is 1. The molecule has 0 aliphatic carbocycles. The molecule has 0 amide bonds. The Morgan fingerprint density at radius 2 is 1.50 bits per heavy atom. The van der Waals surface area contributed by atoms with E-state index < -0.39 is 5.60 Å². The molecular formula is C15H13IO2. The fraction of sp³-hybridized carbons (Fsp3) is 0.133. The topological polar surface area (TPSA) is 26.3 Å². The van der Waals surface area contributed by atoms with Gasteiger partial charge in [0, 0.05) is 5.56 Å². The Morgan fingerprint density at radius 1 is 1.00 bits per heavy atom. The molecule has 18 heavy (non-hydrogen) atoms. The average Bonchev–Trinajstić information content (AvgIpc) is 2.47. The minimum atomic E-state index is -0.955. The molecule has 2 rings (SSSR count). The molecule has 0 aliphatic heterocycles. The van der Waals surface area contributed by atoms with E-state index in [1.807, 2.05) is 48.5 Å². The number of carbonyl (C=O) groups excluding carboxylic acids is 1. The van der Waals surface area contributed by atoms with Crippen LogP contribution in [0.3, 0.4) is 0 Å². The molecule has 0 fully saturated rings. The first-order valence-corrected chi connectivity index (χ1v) is 6.51. The van der Waals surface area contributed by atoms with Gasteiger partial charge in [-0.15, -0.1) is 0 Å². The highest BCUT2D eigenvalue weighted by molar-refractivity contribution is 14.1. The van der Waals surface area contributed by atoms with E-state index in [9.17, 15) is 4.79 Å². The fourth-order valence-electron chi connectivity index (χ4n) is 1.83. The van der Waals surface area contributed by atoms with Crippen LogP contribution in [-0.4, -0.2) is 5.78 Å². The number of hydrogen-bond acceptors (Lipinski definition) is 2. The van der Waals surface area contributed by atoms with Crippen molar-refractivity contribution < 1.29 is 7.86 Å². The van der Waals surface area contributed by atoms with Gasteiger partial charge in [0.2, 0.25) is 0 Å². The van der Waals surface area contributed by atoms with Gasteiger partial charge in [-0.2, -0.15) is 0 Å². The van der Waals surface area contributed by atoms with Crippen LogP contribution in [0, 0.1) is 0 Å². The van der Waals surface area contributed by atoms with E-state index in [-0.39, 0.29) is 5.78 Å². The van der Waals surface area contributed by atoms with Crippen molar-refractivity contribution in [2.75, 3.05) is 0 Å². The van der Waals surface area contributed by atoms with Crippen LogP contribution in [0.4, 0.5) is 0 Å². The maximum Gasteiger partial charge on any atom is 0.199 e. The third kappa shape index (κ3) is 2.47. The van der Waals surface area contributed by atoms with Crippen molar-refractivity contribution in [2.24, 2.45) is 0 Å². The molecule has 0 saturated heterocycles. The Labute approximate surface area is 121 Å². The Bertz CT molecular complexity index is 525. The molecule has 0 aliphatic rings. The summed E-state index contributed by atoms with van der Waals surface area (Å²) in [5, 5.41) is 0. The highest BCUT2D eigenvalue weighted by Gasteiger charge is 2.36. The lowest BCUT2D eigenvalue weighted by molar-refractivity contribution is 0.0656. The smallest absolute Gasteiger partial charge is 0.199 e. The SMILES string of the molecule is CC(OI)(C(=O)c1ccccc1)c1ccccc1. The zero-order valence-corrected chi connectivity index (χ0v) is 12.1. The van der Waals surface area contributed by atoms with Gasteiger partial charge in [0.25, 0.3) is 0 Å². The minimum Gasteiger partial charge on any atom is -0.296 e. The van der Waals surface area contributed by atoms with Crippen molar-refractivity contribution in [3.05, 3.63) is 71.8 Å². The summed E-state index contributed by atoms with van der Waals surface area (Å²) in [4.78, 5) is 12.6. The fourth-order valence-corrected chi connectivity index (χ4v) is 2.29. The molecule has 2 nitrogen and oxygen atoms in total. The molecule has 0 aromatic heterocycles. The Morgan fingerprint density at radius 3 is 2.00 bits per heavy atom. The van der Waals surface area contributed by atoms with Gasteiger partial charge in [0.15, 0.2) is 11.4 Å². The highest BCUT2D eigenvalue weighted by Crippen LogP contribution is 2.31. The second-order valence-electron chi connectivity index (χ2n) is 4.17. The van der Waals surface area contributed by atoms with E-state index >= 15 is 0 Å². The molecule has 2 aromatic rings. The lowest BCUT2D eigenvalue weighted by Gasteiger charge is -2.25. The van der Waals surface area contributed by atoms with Gasteiger partial charge in [-0.3, -0.25) is 7.86 Å². The van der Waals surface area contributed by atoms with Gasteiger partial charge in [-0.1, -0.05) is 60.7 Å². The van der Waals surface area contributed by atoms with Gasteiger partial charge < -0.3 is 0 Å². The first-order valence-electron chi connectivity index (χ1n) is 5.63. The second-order valence-corrected chi connectivity index (χ2v) is 4.61. The number of halogens is 1. The Kier molecular flexibility index (Phi) is 4.14. The van der Waals surface area contributed by atoms with Crippen molar-refractivity contribution in [2.45, 2.75) is 12.5 Å². The van der Waals surface area contributed by atoms with Gasteiger partial charge in [0.1, 0.15) is 23.0 Å². The molecule has 0 radical (unpaired) electrons. The summed E-state index contributed by atoms with van der Waals surface area (Å²) in [6, 6.07) is 18.7. The first kappa shape index (κ1) is 13.2. The molecular weight excluding hydrogens is 339 g/mol. The maximum atomic E-state index is 12.6. The number of benzene rings is 2. The predicted molar refractivity (Wildman–Crippen MR) is 79.7 cm³/mol. The number of rotatable bonds is 4. The quantitative estimate of drug-likeness (QED) is 0.610. The van der Waals surface area contributed by atoms with E-state index in [1.54, 1.807) is 42.1 Å². The monoisotopic (exact) mass is 352 g/mol. The largest absolute Gasteiger partial charge is 0.296 e. The van der Waals surface area contributed by atoms with Crippen LogP contribution >= 0.6 is 23.0 Å². The molecule has 0 heterocycles. The van der Waals surface area contributed by atoms with Crippen molar-refractivity contribution in [3.63, 3.8) is 0 Å². The van der Waals surface area contributed by atoms with Gasteiger partial charge in [-0.05, 0) is 12.5 Å². The van der Waals surface area contributed by atoms with Crippen LogP contribution in [0.1, 0.15) is 22.8 Å². The van der Waals surface area contributed by atoms with Crippen LogP contribution in [-0.2, 0) is 8.67 Å². The summed E-state index contributed by atoms with van der Waals surface area (Å²) in [5.74, 6) is -0.0382. The predicted octanol–water partition coefficient (Wildman–Crippen LogP) is 4.15. The van der Waals surface area contributed by atoms with Crippen LogP contribution in [0.15, 0.2) is 60.7 Å². The zero-order chi connectivity index (χ0) is 13.0. The van der Waals surface area contributed by atoms with Crippen LogP contribution < -0.4 is 0 Å². The first-order chi connectivity index (χ1) is 8.68. The molecule has 0 spiro atoms. The minimum absolute atomic E-state index is 0.0382. The maximum absolute atomic E-state index is 12.6. The Hall–Kier alpha value is -1.20. The summed E-state index contributed by atoms with van der Waals surface area (Å²) < 4.78 is 5.46. The van der Waals surface area contributed by atoms with Gasteiger partial charge in [-0.25, -0.2) is 0 Å². The molecule has 92 valence electrons. The van der Waals surface area contributed by atoms with E-state index in [4.69, 9.17) is 3.07 Å². The summed E-state index contributed by atoms with van der Waals surface area (Å²) in [7, 11) is 0. The second kappa shape index (κ2) is 5.63. The van der Waals surface area contributed by atoms with Crippen LogP contribution in [0.5, 0.6) is 0 Å². The average molecular weight is 352 g/mol. The number of carbonyl (C=O) groups is 1. The molecule has 0 N–H and O–H groups in total. The Balaban J connectivity index is 2.43. The van der Waals surface area contributed by atoms with Crippen molar-refractivity contribution >= 4 is 28.8 Å². The molecule has 1 atom stereocenters. The summed E-state index contributed by atoms with van der Waals surface area (Å²) in [6.45, 7) is 1.80. The van der Waals surface area contributed by atoms with Crippen LogP contribution in [0.2, 0.25) is 0 Å². The summed E-state index contributed by atoms with van der Waals surface area (Å²) in [5.41, 5.74) is 0.553. The van der Waals surface area contributed by atoms with E-state index in [2.05, 4.69) is 0 Å². The lowest BCUT2D eigenvalue weighted by Crippen LogP contribution is -2.33. The zero-order valence-electron chi connectivity index (χ0n) is 9.97. The van der Waals surface area contributed by atoms with Crippen molar-refractivity contribution in [1.82, 2.24) is 0 Å². The molecule has 3 heteroatoms. The van der Waals surface area contributed by atoms with E-state index in [0.717, 1.165) is 5.56 Å². The standard InChI is InChI=1S/C15H13IO2/c1-15(18-16,13-10-6-3-7-11-13)14(17)12-8-4-2-5-9-12/h2-11H,1H3. The van der Waals surface area contributed by atoms with E-state index in [1.165, 1.54) is 0 Å². The molecule has 0 bridgehead atoms. The van der Waals surface area contributed by atoms with Crippen LogP contribution in [0.25, 0.3) is 0 Å². The molecule has 2 aromatic carbocycles. The summed E-state index contributed by atoms with van der Waals surface area (Å²) >= 11 is 1.79. The molecule has 0 saturated carbocycles. The summed E-state index contributed by atoms with van der Waals surface area (Å²) in [6.07, 6.45) is 0. The lowest BCUT2D eigenvalue weighted by atomic mass is 9.88. The van der Waals surface area contributed by atoms with Crippen molar-refractivity contribution in [3.8, 4) is 0 Å². The third-order valence-corrected chi connectivity index (χ3v) is 3.83. The molecule has 1 unspecified atom stereocenters. The van der Waals surface area contributed by atoms with E-state index in [0.29, 0.717) is 5.56 Å². The van der Waals surface area contributed by atoms with Crippen molar-refractivity contribution in [1.29, 1.82) is 0 Å². The number of hydrogen-bond donors (Lipinski definition) is 0.